The van der Waals surface area contributed by atoms with E-state index in [0.717, 1.165) is 51.5 Å². The maximum Gasteiger partial charge on any atom is 0.414 e. The Morgan fingerprint density at radius 3 is 2.05 bits per heavy atom. The lowest BCUT2D eigenvalue weighted by atomic mass is 10.1. The number of carboxylic acids is 2. The van der Waals surface area contributed by atoms with Crippen molar-refractivity contribution < 1.29 is 38.7 Å². The Labute approximate surface area is 244 Å². The summed E-state index contributed by atoms with van der Waals surface area (Å²) >= 11 is 6.11. The number of nitrogens with one attached hydrogen (secondary N) is 1. The Bertz CT molecular complexity index is 1240. The number of rotatable bonds is 12. The largest absolute Gasteiger partial charge is 0.493 e. The van der Waals surface area contributed by atoms with Crippen molar-refractivity contribution in [3.63, 3.8) is 0 Å². The van der Waals surface area contributed by atoms with E-state index in [9.17, 15) is 0 Å². The molecule has 3 aromatic rings. The van der Waals surface area contributed by atoms with Gasteiger partial charge in [-0.15, -0.1) is 0 Å². The van der Waals surface area contributed by atoms with Gasteiger partial charge in [0.1, 0.15) is 19.0 Å². The number of benzene rings is 3. The van der Waals surface area contributed by atoms with Crippen LogP contribution in [-0.2, 0) is 34.0 Å². The van der Waals surface area contributed by atoms with Gasteiger partial charge in [-0.3, -0.25) is 4.90 Å². The molecule has 0 unspecified atom stereocenters. The van der Waals surface area contributed by atoms with E-state index in [2.05, 4.69) is 34.5 Å². The lowest BCUT2D eigenvalue weighted by molar-refractivity contribution is -0.159. The molecule has 1 fully saturated rings. The van der Waals surface area contributed by atoms with E-state index in [1.165, 1.54) is 11.1 Å². The van der Waals surface area contributed by atoms with Crippen molar-refractivity contribution in [2.75, 3.05) is 46.6 Å². The van der Waals surface area contributed by atoms with Crippen LogP contribution in [0.4, 0.5) is 0 Å². The average Bonchev–Trinajstić information content (AvgIpc) is 2.98. The van der Waals surface area contributed by atoms with Crippen LogP contribution in [0.5, 0.6) is 17.2 Å². The average molecular weight is 587 g/mol. The minimum Gasteiger partial charge on any atom is -0.493 e. The first kappa shape index (κ1) is 31.7. The van der Waals surface area contributed by atoms with Crippen LogP contribution in [0.2, 0.25) is 5.02 Å². The molecule has 0 saturated carbocycles. The minimum absolute atomic E-state index is 0.390. The third kappa shape index (κ3) is 11.3. The predicted molar refractivity (Wildman–Crippen MR) is 154 cm³/mol. The first-order valence-electron chi connectivity index (χ1n) is 13.1. The number of ether oxygens (including phenoxy) is 4. The smallest absolute Gasteiger partial charge is 0.414 e. The molecule has 0 radical (unpaired) electrons. The highest BCUT2D eigenvalue weighted by Crippen LogP contribution is 2.28. The summed E-state index contributed by atoms with van der Waals surface area (Å²) < 4.78 is 22.5. The second-order valence-electron chi connectivity index (χ2n) is 9.03. The van der Waals surface area contributed by atoms with E-state index in [0.29, 0.717) is 35.5 Å². The summed E-state index contributed by atoms with van der Waals surface area (Å²) in [5.74, 6) is -1.60. The van der Waals surface area contributed by atoms with Crippen molar-refractivity contribution in [2.24, 2.45) is 0 Å². The van der Waals surface area contributed by atoms with Crippen LogP contribution < -0.4 is 19.5 Å². The number of morpholine rings is 1. The quantitative estimate of drug-likeness (QED) is 0.211. The van der Waals surface area contributed by atoms with E-state index in [-0.39, 0.29) is 0 Å². The van der Waals surface area contributed by atoms with Gasteiger partial charge in [0.15, 0.2) is 11.5 Å². The molecule has 0 aliphatic carbocycles. The first-order valence-corrected chi connectivity index (χ1v) is 13.5. The Morgan fingerprint density at radius 2 is 1.41 bits per heavy atom. The summed E-state index contributed by atoms with van der Waals surface area (Å²) in [6.45, 7) is 6.98. The number of carboxylic acid groups (broad SMARTS) is 2. The molecule has 0 bridgehead atoms. The van der Waals surface area contributed by atoms with Crippen molar-refractivity contribution in [2.45, 2.75) is 19.6 Å². The molecule has 0 amide bonds. The van der Waals surface area contributed by atoms with Crippen molar-refractivity contribution in [3.8, 4) is 17.2 Å². The third-order valence-corrected chi connectivity index (χ3v) is 6.35. The fourth-order valence-corrected chi connectivity index (χ4v) is 4.13. The molecule has 10 nitrogen and oxygen atoms in total. The summed E-state index contributed by atoms with van der Waals surface area (Å²) in [6, 6.07) is 22.2. The van der Waals surface area contributed by atoms with Gasteiger partial charge in [-0.1, -0.05) is 54.1 Å². The normalized spacial score (nSPS) is 13.0. The van der Waals surface area contributed by atoms with Crippen LogP contribution in [-0.4, -0.2) is 73.7 Å². The molecule has 3 aromatic carbocycles. The molecule has 1 aliphatic rings. The molecule has 1 heterocycles. The zero-order valence-corrected chi connectivity index (χ0v) is 23.6. The van der Waals surface area contributed by atoms with Gasteiger partial charge in [0.2, 0.25) is 0 Å². The van der Waals surface area contributed by atoms with Crippen molar-refractivity contribution in [1.82, 2.24) is 10.2 Å². The molecule has 1 saturated heterocycles. The van der Waals surface area contributed by atoms with Crippen LogP contribution in [0.3, 0.4) is 0 Å². The van der Waals surface area contributed by atoms with Crippen molar-refractivity contribution >= 4 is 23.5 Å². The first-order chi connectivity index (χ1) is 19.9. The highest BCUT2D eigenvalue weighted by atomic mass is 35.5. The van der Waals surface area contributed by atoms with E-state index < -0.39 is 11.9 Å². The number of hydrogen-bond donors (Lipinski definition) is 3. The fourth-order valence-electron chi connectivity index (χ4n) is 3.94. The van der Waals surface area contributed by atoms with Crippen LogP contribution in [0.1, 0.15) is 16.7 Å². The van der Waals surface area contributed by atoms with Crippen LogP contribution in [0.25, 0.3) is 0 Å². The van der Waals surface area contributed by atoms with Gasteiger partial charge < -0.3 is 34.5 Å². The second kappa shape index (κ2) is 17.1. The zero-order valence-electron chi connectivity index (χ0n) is 22.9. The SMILES string of the molecule is COc1cc(CNCc2ccc(CN3CCOCC3)cc2)ccc1OCCOc1ccccc1Cl.O=C(O)C(=O)O. The van der Waals surface area contributed by atoms with Crippen LogP contribution >= 0.6 is 11.6 Å². The number of methoxy groups -OCH3 is 1. The van der Waals surface area contributed by atoms with Gasteiger partial charge in [-0.2, -0.15) is 0 Å². The summed E-state index contributed by atoms with van der Waals surface area (Å²) in [5.41, 5.74) is 3.74. The van der Waals surface area contributed by atoms with E-state index in [1.807, 2.05) is 36.4 Å². The van der Waals surface area contributed by atoms with E-state index in [4.69, 9.17) is 50.4 Å². The van der Waals surface area contributed by atoms with Gasteiger partial charge >= 0.3 is 11.9 Å². The number of nitrogens with zero attached hydrogens (tertiary/aromatic N) is 1. The van der Waals surface area contributed by atoms with E-state index >= 15 is 0 Å². The topological polar surface area (TPSA) is 127 Å². The third-order valence-electron chi connectivity index (χ3n) is 6.04. The molecule has 3 N–H and O–H groups in total. The molecular weight excluding hydrogens is 552 g/mol. The fraction of sp³-hybridized carbons (Fsp3) is 0.333. The Kier molecular flexibility index (Phi) is 13.2. The van der Waals surface area contributed by atoms with Gasteiger partial charge in [0, 0.05) is 32.7 Å². The highest BCUT2D eigenvalue weighted by molar-refractivity contribution is 6.32. The number of aliphatic carboxylic acids is 2. The summed E-state index contributed by atoms with van der Waals surface area (Å²) in [6.07, 6.45) is 0. The second-order valence-corrected chi connectivity index (χ2v) is 9.44. The van der Waals surface area contributed by atoms with Crippen molar-refractivity contribution in [1.29, 1.82) is 0 Å². The molecule has 41 heavy (non-hydrogen) atoms. The minimum atomic E-state index is -1.82. The predicted octanol–water partition coefficient (Wildman–Crippen LogP) is 4.08. The highest BCUT2D eigenvalue weighted by Gasteiger charge is 2.11. The lowest BCUT2D eigenvalue weighted by Crippen LogP contribution is -2.35. The molecule has 0 atom stereocenters. The van der Waals surface area contributed by atoms with Gasteiger partial charge in [-0.05, 0) is 41.0 Å². The summed E-state index contributed by atoms with van der Waals surface area (Å²) in [4.78, 5) is 20.6. The van der Waals surface area contributed by atoms with E-state index in [1.54, 1.807) is 13.2 Å². The Morgan fingerprint density at radius 1 is 0.829 bits per heavy atom. The van der Waals surface area contributed by atoms with Gasteiger partial charge in [0.05, 0.1) is 25.3 Å². The van der Waals surface area contributed by atoms with Crippen molar-refractivity contribution in [3.05, 3.63) is 88.4 Å². The van der Waals surface area contributed by atoms with Gasteiger partial charge in [0.25, 0.3) is 0 Å². The Balaban J connectivity index is 0.000000696. The molecular formula is C30H35ClN2O8. The number of hydrogen-bond acceptors (Lipinski definition) is 8. The summed E-state index contributed by atoms with van der Waals surface area (Å²) in [7, 11) is 1.65. The number of carbonyl (C=O) groups is 2. The molecule has 1 aliphatic heterocycles. The molecule has 0 aromatic heterocycles. The summed E-state index contributed by atoms with van der Waals surface area (Å²) in [5, 5.41) is 18.9. The lowest BCUT2D eigenvalue weighted by Gasteiger charge is -2.26. The molecule has 0 spiro atoms. The maximum absolute atomic E-state index is 9.10. The zero-order chi connectivity index (χ0) is 29.5. The van der Waals surface area contributed by atoms with Crippen LogP contribution in [0, 0.1) is 0 Å². The molecule has 4 rings (SSSR count). The Hall–Kier alpha value is -3.83. The standard InChI is InChI=1S/C28H33ClN2O4.C2H2O4/c1-32-28-18-24(10-11-27(28)35-17-16-34-26-5-3-2-4-25(26)29)20-30-19-22-6-8-23(9-7-22)21-31-12-14-33-15-13-31;3-1(4)2(5)6/h2-11,18,30H,12-17,19-21H2,1H3;(H,3,4)(H,5,6). The van der Waals surface area contributed by atoms with Gasteiger partial charge in [-0.25, -0.2) is 9.59 Å². The van der Waals surface area contributed by atoms with Crippen LogP contribution in [0.15, 0.2) is 66.7 Å². The maximum atomic E-state index is 9.10. The monoisotopic (exact) mass is 586 g/mol. The number of para-hydroxylation sites is 1. The number of halogens is 1. The molecule has 220 valence electrons. The molecule has 11 heteroatoms.